The summed E-state index contributed by atoms with van der Waals surface area (Å²) in [6.07, 6.45) is 9.55. The number of rotatable bonds is 11. The first-order valence-corrected chi connectivity index (χ1v) is 9.77. The molecule has 0 radical (unpaired) electrons. The highest BCUT2D eigenvalue weighted by atomic mass is 16.5. The minimum Gasteiger partial charge on any atom is -0.476 e. The van der Waals surface area contributed by atoms with Crippen LogP contribution in [0.25, 0.3) is 0 Å². The van der Waals surface area contributed by atoms with Crippen molar-refractivity contribution in [2.45, 2.75) is 52.4 Å². The number of allylic oxidation sites excluding steroid dienone is 2. The number of hydrogen-bond acceptors (Lipinski definition) is 5. The van der Waals surface area contributed by atoms with E-state index in [1.54, 1.807) is 0 Å². The average molecular weight is 347 g/mol. The molecule has 1 aromatic heterocycles. The molecule has 0 saturated carbocycles. The van der Waals surface area contributed by atoms with Gasteiger partial charge in [-0.3, -0.25) is 0 Å². The van der Waals surface area contributed by atoms with Crippen molar-refractivity contribution in [1.82, 2.24) is 10.3 Å². The van der Waals surface area contributed by atoms with Gasteiger partial charge in [0.05, 0.1) is 0 Å². The zero-order valence-corrected chi connectivity index (χ0v) is 16.1. The second kappa shape index (κ2) is 10.9. The molecule has 1 aliphatic carbocycles. The van der Waals surface area contributed by atoms with E-state index in [-0.39, 0.29) is 0 Å². The van der Waals surface area contributed by atoms with Gasteiger partial charge in [0.2, 0.25) is 5.88 Å². The molecule has 2 rings (SSSR count). The molecule has 1 aromatic rings. The third kappa shape index (κ3) is 6.48. The fourth-order valence-electron chi connectivity index (χ4n) is 3.15. The van der Waals surface area contributed by atoms with Crippen molar-refractivity contribution in [1.29, 1.82) is 0 Å². The molecule has 0 bridgehead atoms. The molecule has 0 amide bonds. The first-order chi connectivity index (χ1) is 12.3. The number of anilines is 2. The van der Waals surface area contributed by atoms with Crippen LogP contribution in [0, 0.1) is 0 Å². The Balaban J connectivity index is 1.94. The summed E-state index contributed by atoms with van der Waals surface area (Å²) in [5, 5.41) is 6.63. The summed E-state index contributed by atoms with van der Waals surface area (Å²) in [6.45, 7) is 7.98. The van der Waals surface area contributed by atoms with Gasteiger partial charge in [-0.2, -0.15) is 4.98 Å². The largest absolute Gasteiger partial charge is 0.476 e. The van der Waals surface area contributed by atoms with E-state index in [0.29, 0.717) is 12.5 Å². The van der Waals surface area contributed by atoms with Crippen molar-refractivity contribution in [3.8, 4) is 5.88 Å². The summed E-state index contributed by atoms with van der Waals surface area (Å²) < 4.78 is 5.92. The fourth-order valence-corrected chi connectivity index (χ4v) is 3.15. The number of ether oxygens (including phenoxy) is 1. The number of nitrogens with one attached hydrogen (secondary N) is 2. The maximum Gasteiger partial charge on any atom is 0.217 e. The Hall–Kier alpha value is -1.91. The highest BCUT2D eigenvalue weighted by molar-refractivity contribution is 5.56. The van der Waals surface area contributed by atoms with Crippen molar-refractivity contribution in [2.75, 3.05) is 43.5 Å². The maximum atomic E-state index is 5.92. The van der Waals surface area contributed by atoms with E-state index in [0.717, 1.165) is 38.3 Å². The van der Waals surface area contributed by atoms with Crippen LogP contribution >= 0.6 is 0 Å². The molecule has 0 aliphatic heterocycles. The number of aromatic nitrogens is 1. The van der Waals surface area contributed by atoms with Crippen molar-refractivity contribution >= 4 is 11.5 Å². The van der Waals surface area contributed by atoms with E-state index in [4.69, 9.17) is 4.74 Å². The summed E-state index contributed by atoms with van der Waals surface area (Å²) in [4.78, 5) is 6.94. The van der Waals surface area contributed by atoms with Crippen LogP contribution in [0.5, 0.6) is 5.88 Å². The summed E-state index contributed by atoms with van der Waals surface area (Å²) in [5.41, 5.74) is 2.55. The molecule has 0 aromatic carbocycles. The fraction of sp³-hybridized carbons (Fsp3) is 0.650. The molecule has 0 saturated heterocycles. The Morgan fingerprint density at radius 2 is 1.96 bits per heavy atom. The van der Waals surface area contributed by atoms with Crippen LogP contribution in [0.15, 0.2) is 23.9 Å². The van der Waals surface area contributed by atoms with E-state index in [1.165, 1.54) is 37.1 Å². The highest BCUT2D eigenvalue weighted by Gasteiger charge is 2.10. The minimum atomic E-state index is 0.624. The van der Waals surface area contributed by atoms with Gasteiger partial charge in [0.1, 0.15) is 12.4 Å². The molecule has 2 N–H and O–H groups in total. The molecule has 25 heavy (non-hydrogen) atoms. The number of pyridine rings is 1. The molecule has 1 heterocycles. The predicted molar refractivity (Wildman–Crippen MR) is 107 cm³/mol. The molecular weight excluding hydrogens is 312 g/mol. The summed E-state index contributed by atoms with van der Waals surface area (Å²) in [7, 11) is 1.90. The molecule has 5 nitrogen and oxygen atoms in total. The first-order valence-electron chi connectivity index (χ1n) is 9.77. The third-order valence-electron chi connectivity index (χ3n) is 4.39. The second-order valence-corrected chi connectivity index (χ2v) is 6.54. The Labute approximate surface area is 152 Å². The zero-order valence-electron chi connectivity index (χ0n) is 16.1. The summed E-state index contributed by atoms with van der Waals surface area (Å²) >= 11 is 0. The monoisotopic (exact) mass is 346 g/mol. The molecule has 0 spiro atoms. The second-order valence-electron chi connectivity index (χ2n) is 6.54. The van der Waals surface area contributed by atoms with Crippen LogP contribution in [0.1, 0.15) is 52.4 Å². The average Bonchev–Trinajstić information content (AvgIpc) is 2.65. The van der Waals surface area contributed by atoms with Crippen molar-refractivity contribution in [3.63, 3.8) is 0 Å². The first kappa shape index (κ1) is 19.4. The van der Waals surface area contributed by atoms with Gasteiger partial charge in [0.25, 0.3) is 0 Å². The Bertz CT molecular complexity index is 538. The lowest BCUT2D eigenvalue weighted by molar-refractivity contribution is 0.306. The minimum absolute atomic E-state index is 0.624. The van der Waals surface area contributed by atoms with Gasteiger partial charge in [-0.25, -0.2) is 0 Å². The normalized spacial score (nSPS) is 14.0. The highest BCUT2D eigenvalue weighted by Crippen LogP contribution is 2.24. The van der Waals surface area contributed by atoms with Crippen molar-refractivity contribution < 1.29 is 4.74 Å². The summed E-state index contributed by atoms with van der Waals surface area (Å²) in [6, 6.07) is 4.16. The lowest BCUT2D eigenvalue weighted by Crippen LogP contribution is -2.25. The predicted octanol–water partition coefficient (Wildman–Crippen LogP) is 4.18. The maximum absolute atomic E-state index is 5.92. The Morgan fingerprint density at radius 1 is 1.16 bits per heavy atom. The third-order valence-corrected chi connectivity index (χ3v) is 4.39. The van der Waals surface area contributed by atoms with Gasteiger partial charge in [-0.15, -0.1) is 0 Å². The standard InChI is InChI=1S/C20H34N4O/c1-4-12-24(13-5-2)18-15-19(21-3)23-20(16-18)25-14-11-22-17-9-7-6-8-10-17/h9,15-16,22H,4-8,10-14H2,1-3H3,(H,21,23). The van der Waals surface area contributed by atoms with Crippen LogP contribution in [-0.2, 0) is 0 Å². The van der Waals surface area contributed by atoms with Gasteiger partial charge in [0, 0.05) is 50.2 Å². The SMILES string of the molecule is CCCN(CCC)c1cc(NC)nc(OCCNC2=CCCCC2)c1. The van der Waals surface area contributed by atoms with Gasteiger partial charge in [-0.1, -0.05) is 19.9 Å². The van der Waals surface area contributed by atoms with Gasteiger partial charge in [0.15, 0.2) is 0 Å². The smallest absolute Gasteiger partial charge is 0.217 e. The van der Waals surface area contributed by atoms with E-state index < -0.39 is 0 Å². The molecular formula is C20H34N4O. The quantitative estimate of drug-likeness (QED) is 0.589. The molecule has 140 valence electrons. The van der Waals surface area contributed by atoms with E-state index in [9.17, 15) is 0 Å². The molecule has 1 aliphatic rings. The summed E-state index contributed by atoms with van der Waals surface area (Å²) in [5.74, 6) is 1.55. The van der Waals surface area contributed by atoms with Gasteiger partial charge >= 0.3 is 0 Å². The molecule has 5 heteroatoms. The Morgan fingerprint density at radius 3 is 2.60 bits per heavy atom. The van der Waals surface area contributed by atoms with E-state index in [2.05, 4.69) is 52.6 Å². The topological polar surface area (TPSA) is 49.4 Å². The number of nitrogens with zero attached hydrogens (tertiary/aromatic N) is 2. The number of hydrogen-bond donors (Lipinski definition) is 2. The van der Waals surface area contributed by atoms with Gasteiger partial charge < -0.3 is 20.3 Å². The van der Waals surface area contributed by atoms with Crippen LogP contribution in [-0.4, -0.2) is 38.3 Å². The lowest BCUT2D eigenvalue weighted by atomic mass is 10.1. The van der Waals surface area contributed by atoms with E-state index >= 15 is 0 Å². The molecule has 0 unspecified atom stereocenters. The molecule has 0 fully saturated rings. The Kier molecular flexibility index (Phi) is 8.43. The van der Waals surface area contributed by atoms with Gasteiger partial charge in [-0.05, 0) is 38.5 Å². The van der Waals surface area contributed by atoms with Crippen LogP contribution in [0.4, 0.5) is 11.5 Å². The van der Waals surface area contributed by atoms with E-state index in [1.807, 2.05) is 7.05 Å². The van der Waals surface area contributed by atoms with Crippen LogP contribution in [0.2, 0.25) is 0 Å². The molecule has 0 atom stereocenters. The zero-order chi connectivity index (χ0) is 17.9. The van der Waals surface area contributed by atoms with Crippen molar-refractivity contribution in [2.24, 2.45) is 0 Å². The van der Waals surface area contributed by atoms with Crippen LogP contribution in [0.3, 0.4) is 0 Å². The van der Waals surface area contributed by atoms with Crippen LogP contribution < -0.4 is 20.3 Å². The lowest BCUT2D eigenvalue weighted by Gasteiger charge is -2.24. The van der Waals surface area contributed by atoms with Crippen molar-refractivity contribution in [3.05, 3.63) is 23.9 Å².